The zero-order valence-corrected chi connectivity index (χ0v) is 7.91. The molecule has 0 atom stereocenters. The fraction of sp³-hybridized carbons (Fsp3) is 0.125. The van der Waals surface area contributed by atoms with Crippen LogP contribution in [0.3, 0.4) is 0 Å². The fourth-order valence-electron chi connectivity index (χ4n) is 0.736. The summed E-state index contributed by atoms with van der Waals surface area (Å²) < 4.78 is 1.02. The lowest BCUT2D eigenvalue weighted by Crippen LogP contribution is -1.77. The lowest BCUT2D eigenvalue weighted by Gasteiger charge is -1.98. The van der Waals surface area contributed by atoms with Gasteiger partial charge in [-0.1, -0.05) is 40.5 Å². The molecule has 0 amide bonds. The van der Waals surface area contributed by atoms with Crippen molar-refractivity contribution >= 4 is 27.5 Å². The molecule has 1 rings (SSSR count). The highest BCUT2D eigenvalue weighted by atomic mass is 79.9. The summed E-state index contributed by atoms with van der Waals surface area (Å²) in [5.41, 5.74) is 1.07. The van der Waals surface area contributed by atoms with E-state index in [0.29, 0.717) is 0 Å². The largest absolute Gasteiger partial charge is 0.0840 e. The first-order valence-electron chi connectivity index (χ1n) is 2.98. The molecule has 10 heavy (non-hydrogen) atoms. The summed E-state index contributed by atoms with van der Waals surface area (Å²) in [6.45, 7) is 1.97. The molecule has 53 valence electrons. The normalized spacial score (nSPS) is 9.90. The molecule has 0 saturated heterocycles. The van der Waals surface area contributed by atoms with Crippen molar-refractivity contribution in [2.75, 3.05) is 0 Å². The van der Waals surface area contributed by atoms with Crippen LogP contribution >= 0.6 is 27.5 Å². The number of halogens is 2. The molecule has 0 N–H and O–H groups in total. The van der Waals surface area contributed by atoms with Crippen molar-refractivity contribution in [1.29, 1.82) is 0 Å². The summed E-state index contributed by atoms with van der Waals surface area (Å²) >= 11 is 9.20. The Morgan fingerprint density at radius 2 is 2.20 bits per heavy atom. The second kappa shape index (κ2) is 3.40. The summed E-state index contributed by atoms with van der Waals surface area (Å²) in [7, 11) is 0. The molecule has 0 unspecified atom stereocenters. The molecule has 0 aliphatic rings. The predicted molar refractivity (Wildman–Crippen MR) is 48.2 cm³/mol. The van der Waals surface area contributed by atoms with Crippen LogP contribution in [0.2, 0.25) is 5.02 Å². The van der Waals surface area contributed by atoms with Gasteiger partial charge in [0, 0.05) is 9.50 Å². The molecule has 0 saturated carbocycles. The Bertz CT molecular complexity index is 233. The van der Waals surface area contributed by atoms with Crippen molar-refractivity contribution in [2.24, 2.45) is 0 Å². The van der Waals surface area contributed by atoms with Crippen LogP contribution in [0, 0.1) is 6.42 Å². The summed E-state index contributed by atoms with van der Waals surface area (Å²) in [4.78, 5) is 0. The average molecular weight is 219 g/mol. The Morgan fingerprint density at radius 3 is 2.70 bits per heavy atom. The second-order valence-corrected chi connectivity index (χ2v) is 3.28. The maximum absolute atomic E-state index is 5.87. The molecule has 0 nitrogen and oxygen atoms in total. The summed E-state index contributed by atoms with van der Waals surface area (Å²) in [5, 5.41) is 0.789. The van der Waals surface area contributed by atoms with Gasteiger partial charge in [0.2, 0.25) is 0 Å². The van der Waals surface area contributed by atoms with E-state index in [1.807, 2.05) is 31.5 Å². The topological polar surface area (TPSA) is 0 Å². The van der Waals surface area contributed by atoms with Gasteiger partial charge in [-0.05, 0) is 24.1 Å². The summed E-state index contributed by atoms with van der Waals surface area (Å²) in [5.74, 6) is 0. The van der Waals surface area contributed by atoms with Gasteiger partial charge >= 0.3 is 0 Å². The third kappa shape index (κ3) is 1.74. The molecule has 0 spiro atoms. The first kappa shape index (κ1) is 8.09. The highest BCUT2D eigenvalue weighted by Crippen LogP contribution is 2.21. The molecule has 1 radical (unpaired) electrons. The number of hydrogen-bond donors (Lipinski definition) is 0. The predicted octanol–water partition coefficient (Wildman–Crippen LogP) is 3.67. The van der Waals surface area contributed by atoms with E-state index in [1.165, 1.54) is 0 Å². The lowest BCUT2D eigenvalue weighted by molar-refractivity contribution is 1.41. The van der Waals surface area contributed by atoms with Crippen LogP contribution in [0.5, 0.6) is 0 Å². The van der Waals surface area contributed by atoms with Gasteiger partial charge in [0.25, 0.3) is 0 Å². The van der Waals surface area contributed by atoms with Gasteiger partial charge in [-0.3, -0.25) is 0 Å². The maximum Gasteiger partial charge on any atom is 0.0452 e. The maximum atomic E-state index is 5.87. The van der Waals surface area contributed by atoms with E-state index in [9.17, 15) is 0 Å². The SMILES string of the molecule is C[CH]c1ccc(Br)cc1Cl. The van der Waals surface area contributed by atoms with Gasteiger partial charge < -0.3 is 0 Å². The van der Waals surface area contributed by atoms with Crippen molar-refractivity contribution in [3.63, 3.8) is 0 Å². The van der Waals surface area contributed by atoms with Gasteiger partial charge in [-0.25, -0.2) is 0 Å². The number of hydrogen-bond acceptors (Lipinski definition) is 0. The highest BCUT2D eigenvalue weighted by molar-refractivity contribution is 9.10. The van der Waals surface area contributed by atoms with E-state index in [2.05, 4.69) is 15.9 Å². The molecule has 0 bridgehead atoms. The fourth-order valence-corrected chi connectivity index (χ4v) is 1.52. The van der Waals surface area contributed by atoms with E-state index in [-0.39, 0.29) is 0 Å². The second-order valence-electron chi connectivity index (χ2n) is 1.95. The molecule has 1 aromatic rings. The molecule has 0 fully saturated rings. The van der Waals surface area contributed by atoms with Crippen LogP contribution in [-0.4, -0.2) is 0 Å². The Morgan fingerprint density at radius 1 is 1.50 bits per heavy atom. The van der Waals surface area contributed by atoms with Gasteiger partial charge in [-0.15, -0.1) is 0 Å². The van der Waals surface area contributed by atoms with Crippen LogP contribution < -0.4 is 0 Å². The number of rotatable bonds is 1. The Kier molecular flexibility index (Phi) is 2.75. The van der Waals surface area contributed by atoms with Crippen LogP contribution in [0.25, 0.3) is 0 Å². The van der Waals surface area contributed by atoms with Crippen molar-refractivity contribution in [3.05, 3.63) is 39.7 Å². The van der Waals surface area contributed by atoms with Crippen LogP contribution in [0.15, 0.2) is 22.7 Å². The molecule has 0 heterocycles. The first-order valence-corrected chi connectivity index (χ1v) is 4.15. The zero-order valence-electron chi connectivity index (χ0n) is 5.57. The zero-order chi connectivity index (χ0) is 7.56. The third-order valence-electron chi connectivity index (χ3n) is 1.27. The van der Waals surface area contributed by atoms with Crippen molar-refractivity contribution < 1.29 is 0 Å². The Labute approximate surface area is 74.3 Å². The minimum atomic E-state index is 0.789. The Hall–Kier alpha value is -0.0100. The molecule has 0 aliphatic heterocycles. The molecule has 0 aromatic heterocycles. The highest BCUT2D eigenvalue weighted by Gasteiger charge is 1.96. The van der Waals surface area contributed by atoms with Gasteiger partial charge in [-0.2, -0.15) is 0 Å². The van der Waals surface area contributed by atoms with E-state index < -0.39 is 0 Å². The van der Waals surface area contributed by atoms with E-state index >= 15 is 0 Å². The van der Waals surface area contributed by atoms with Crippen LogP contribution in [0.4, 0.5) is 0 Å². The number of benzene rings is 1. The van der Waals surface area contributed by atoms with Crippen molar-refractivity contribution in [1.82, 2.24) is 0 Å². The van der Waals surface area contributed by atoms with Crippen LogP contribution in [0.1, 0.15) is 12.5 Å². The smallest absolute Gasteiger partial charge is 0.0452 e. The molecular weight excluding hydrogens is 211 g/mol. The molecule has 0 aliphatic carbocycles. The van der Waals surface area contributed by atoms with Crippen molar-refractivity contribution in [2.45, 2.75) is 6.92 Å². The lowest BCUT2D eigenvalue weighted by atomic mass is 10.2. The summed E-state index contributed by atoms with van der Waals surface area (Å²) in [6.07, 6.45) is 1.98. The van der Waals surface area contributed by atoms with Gasteiger partial charge in [0.15, 0.2) is 0 Å². The van der Waals surface area contributed by atoms with E-state index in [4.69, 9.17) is 11.6 Å². The minimum absolute atomic E-state index is 0.789. The standard InChI is InChI=1S/C8H7BrCl/c1-2-6-3-4-7(9)5-8(6)10/h2-5H,1H3. The van der Waals surface area contributed by atoms with Crippen molar-refractivity contribution in [3.8, 4) is 0 Å². The minimum Gasteiger partial charge on any atom is -0.0840 e. The molecular formula is C8H7BrCl. The third-order valence-corrected chi connectivity index (χ3v) is 2.09. The Balaban J connectivity index is 3.07. The monoisotopic (exact) mass is 217 g/mol. The van der Waals surface area contributed by atoms with Gasteiger partial charge in [0.05, 0.1) is 0 Å². The van der Waals surface area contributed by atoms with E-state index in [1.54, 1.807) is 0 Å². The average Bonchev–Trinajstić information content (AvgIpc) is 1.88. The van der Waals surface area contributed by atoms with E-state index in [0.717, 1.165) is 15.1 Å². The van der Waals surface area contributed by atoms with Crippen LogP contribution in [-0.2, 0) is 0 Å². The molecule has 1 aromatic carbocycles. The van der Waals surface area contributed by atoms with Gasteiger partial charge in [0.1, 0.15) is 0 Å². The first-order chi connectivity index (χ1) is 4.74. The molecule has 2 heteroatoms. The summed E-state index contributed by atoms with van der Waals surface area (Å²) in [6, 6.07) is 5.84. The quantitative estimate of drug-likeness (QED) is 0.675.